The summed E-state index contributed by atoms with van der Waals surface area (Å²) in [7, 11) is 0. The van der Waals surface area contributed by atoms with Crippen LogP contribution in [-0.2, 0) is 0 Å². The van der Waals surface area contributed by atoms with Gasteiger partial charge in [-0.25, -0.2) is 9.97 Å². The number of unbranched alkanes of at least 4 members (excludes halogenated alkanes) is 1. The van der Waals surface area contributed by atoms with Gasteiger partial charge >= 0.3 is 0 Å². The zero-order valence-corrected chi connectivity index (χ0v) is 16.1. The topological polar surface area (TPSA) is 37.8 Å². The van der Waals surface area contributed by atoms with E-state index in [0.29, 0.717) is 0 Å². The first-order valence-electron chi connectivity index (χ1n) is 9.35. The Kier molecular flexibility index (Phi) is 5.67. The number of nitrogens with one attached hydrogen (secondary N) is 1. The van der Waals surface area contributed by atoms with Crippen LogP contribution in [0.5, 0.6) is 0 Å². The van der Waals surface area contributed by atoms with Gasteiger partial charge in [0, 0.05) is 17.7 Å². The molecule has 2 aromatic carbocycles. The lowest BCUT2D eigenvalue weighted by Crippen LogP contribution is -2.08. The molecule has 0 aliphatic rings. The minimum absolute atomic E-state index is 0.880. The van der Waals surface area contributed by atoms with Crippen LogP contribution in [0.1, 0.15) is 36.6 Å². The van der Waals surface area contributed by atoms with Gasteiger partial charge in [-0.05, 0) is 27.2 Å². The van der Waals surface area contributed by atoms with Crippen molar-refractivity contribution < 1.29 is 0 Å². The van der Waals surface area contributed by atoms with E-state index in [9.17, 15) is 0 Å². The molecule has 1 N–H and O–H groups in total. The van der Waals surface area contributed by atoms with Crippen LogP contribution < -0.4 is 5.32 Å². The van der Waals surface area contributed by atoms with E-state index >= 15 is 0 Å². The fourth-order valence-electron chi connectivity index (χ4n) is 2.90. The third-order valence-corrected chi connectivity index (χ3v) is 4.54. The summed E-state index contributed by atoms with van der Waals surface area (Å²) in [5, 5.41) is 3.45. The molecule has 0 aliphatic heterocycles. The second-order valence-corrected chi connectivity index (χ2v) is 6.87. The van der Waals surface area contributed by atoms with Gasteiger partial charge in [0.15, 0.2) is 0 Å². The van der Waals surface area contributed by atoms with Crippen LogP contribution in [0.25, 0.3) is 22.5 Å². The Bertz CT molecular complexity index is 865. The van der Waals surface area contributed by atoms with Gasteiger partial charge in [0.2, 0.25) is 0 Å². The van der Waals surface area contributed by atoms with E-state index in [2.05, 4.69) is 74.6 Å². The Morgan fingerprint density at radius 1 is 0.731 bits per heavy atom. The first kappa shape index (κ1) is 18.1. The molecular formula is C23H27N3. The Morgan fingerprint density at radius 3 is 1.73 bits per heavy atom. The fourth-order valence-corrected chi connectivity index (χ4v) is 2.90. The van der Waals surface area contributed by atoms with E-state index in [1.54, 1.807) is 0 Å². The first-order chi connectivity index (χ1) is 12.6. The van der Waals surface area contributed by atoms with E-state index in [1.807, 2.05) is 6.92 Å². The van der Waals surface area contributed by atoms with Crippen molar-refractivity contribution in [1.82, 2.24) is 9.97 Å². The molecule has 0 fully saturated rings. The van der Waals surface area contributed by atoms with Gasteiger partial charge in [0.1, 0.15) is 5.82 Å². The molecule has 3 nitrogen and oxygen atoms in total. The SMILES string of the molecule is CCCCNc1nc(-c2ccc(C)cc2)c(-c2ccc(C)cc2)nc1C. The first-order valence-corrected chi connectivity index (χ1v) is 9.35. The van der Waals surface area contributed by atoms with Gasteiger partial charge in [0.05, 0.1) is 17.1 Å². The maximum absolute atomic E-state index is 4.97. The summed E-state index contributed by atoms with van der Waals surface area (Å²) in [6, 6.07) is 17.0. The number of nitrogens with zero attached hydrogens (tertiary/aromatic N) is 2. The van der Waals surface area contributed by atoms with E-state index < -0.39 is 0 Å². The minimum atomic E-state index is 0.880. The number of rotatable bonds is 6. The molecule has 0 amide bonds. The molecule has 0 bridgehead atoms. The molecule has 0 radical (unpaired) electrons. The van der Waals surface area contributed by atoms with E-state index in [0.717, 1.165) is 53.4 Å². The molecule has 3 rings (SSSR count). The normalized spacial score (nSPS) is 10.8. The average Bonchev–Trinajstić information content (AvgIpc) is 2.64. The van der Waals surface area contributed by atoms with E-state index in [-0.39, 0.29) is 0 Å². The molecule has 0 atom stereocenters. The molecule has 0 saturated heterocycles. The standard InChI is InChI=1S/C23H27N3/c1-5-6-15-24-23-18(4)25-21(19-11-7-16(2)8-12-19)22(26-23)20-13-9-17(3)10-14-20/h7-14H,5-6,15H2,1-4H3,(H,24,26). The molecular weight excluding hydrogens is 318 g/mol. The number of aromatic nitrogens is 2. The van der Waals surface area contributed by atoms with Crippen molar-refractivity contribution in [3.8, 4) is 22.5 Å². The quantitative estimate of drug-likeness (QED) is 0.561. The number of hydrogen-bond donors (Lipinski definition) is 1. The van der Waals surface area contributed by atoms with E-state index in [4.69, 9.17) is 9.97 Å². The summed E-state index contributed by atoms with van der Waals surface area (Å²) >= 11 is 0. The Balaban J connectivity index is 2.10. The highest BCUT2D eigenvalue weighted by atomic mass is 15.0. The van der Waals surface area contributed by atoms with Gasteiger partial charge in [-0.1, -0.05) is 73.0 Å². The molecule has 3 aromatic rings. The molecule has 0 spiro atoms. The highest BCUT2D eigenvalue weighted by Crippen LogP contribution is 2.31. The van der Waals surface area contributed by atoms with Crippen molar-refractivity contribution in [2.75, 3.05) is 11.9 Å². The van der Waals surface area contributed by atoms with Crippen LogP contribution in [0.2, 0.25) is 0 Å². The molecule has 1 aromatic heterocycles. The lowest BCUT2D eigenvalue weighted by molar-refractivity contribution is 0.829. The van der Waals surface area contributed by atoms with Gasteiger partial charge in [-0.15, -0.1) is 0 Å². The lowest BCUT2D eigenvalue weighted by Gasteiger charge is -2.15. The zero-order valence-electron chi connectivity index (χ0n) is 16.1. The van der Waals surface area contributed by atoms with Gasteiger partial charge in [0.25, 0.3) is 0 Å². The van der Waals surface area contributed by atoms with Gasteiger partial charge < -0.3 is 5.32 Å². The maximum atomic E-state index is 4.97. The maximum Gasteiger partial charge on any atom is 0.148 e. The van der Waals surface area contributed by atoms with Crippen LogP contribution in [-0.4, -0.2) is 16.5 Å². The molecule has 0 aliphatic carbocycles. The molecule has 0 saturated carbocycles. The Labute approximate surface area is 156 Å². The van der Waals surface area contributed by atoms with Gasteiger partial charge in [-0.2, -0.15) is 0 Å². The monoisotopic (exact) mass is 345 g/mol. The predicted octanol–water partition coefficient (Wildman–Crippen LogP) is 5.95. The van der Waals surface area contributed by atoms with Crippen LogP contribution in [0, 0.1) is 20.8 Å². The Morgan fingerprint density at radius 2 is 1.23 bits per heavy atom. The summed E-state index contributed by atoms with van der Waals surface area (Å²) in [5.41, 5.74) is 7.48. The predicted molar refractivity (Wildman–Crippen MR) is 111 cm³/mol. The number of benzene rings is 2. The van der Waals surface area contributed by atoms with Crippen molar-refractivity contribution in [3.05, 3.63) is 65.4 Å². The van der Waals surface area contributed by atoms with Crippen LogP contribution in [0.15, 0.2) is 48.5 Å². The number of hydrogen-bond acceptors (Lipinski definition) is 3. The average molecular weight is 345 g/mol. The van der Waals surface area contributed by atoms with Crippen molar-refractivity contribution >= 4 is 5.82 Å². The zero-order chi connectivity index (χ0) is 18.5. The third kappa shape index (κ3) is 4.10. The smallest absolute Gasteiger partial charge is 0.148 e. The van der Waals surface area contributed by atoms with E-state index in [1.165, 1.54) is 11.1 Å². The summed E-state index contributed by atoms with van der Waals surface area (Å²) in [5.74, 6) is 0.880. The van der Waals surface area contributed by atoms with Crippen LogP contribution in [0.4, 0.5) is 5.82 Å². The minimum Gasteiger partial charge on any atom is -0.369 e. The highest BCUT2D eigenvalue weighted by Gasteiger charge is 2.15. The molecule has 3 heteroatoms. The largest absolute Gasteiger partial charge is 0.369 e. The Hall–Kier alpha value is -2.68. The fraction of sp³-hybridized carbons (Fsp3) is 0.304. The summed E-state index contributed by atoms with van der Waals surface area (Å²) in [6.07, 6.45) is 2.28. The number of anilines is 1. The number of aryl methyl sites for hydroxylation is 3. The summed E-state index contributed by atoms with van der Waals surface area (Å²) in [4.78, 5) is 9.89. The lowest BCUT2D eigenvalue weighted by atomic mass is 10.0. The van der Waals surface area contributed by atoms with Crippen molar-refractivity contribution in [2.24, 2.45) is 0 Å². The van der Waals surface area contributed by atoms with Crippen LogP contribution in [0.3, 0.4) is 0 Å². The molecule has 0 unspecified atom stereocenters. The second kappa shape index (κ2) is 8.13. The third-order valence-electron chi connectivity index (χ3n) is 4.54. The summed E-state index contributed by atoms with van der Waals surface area (Å²) < 4.78 is 0. The molecule has 134 valence electrons. The van der Waals surface area contributed by atoms with Crippen molar-refractivity contribution in [1.29, 1.82) is 0 Å². The molecule has 26 heavy (non-hydrogen) atoms. The van der Waals surface area contributed by atoms with Gasteiger partial charge in [-0.3, -0.25) is 0 Å². The van der Waals surface area contributed by atoms with Crippen LogP contribution >= 0.6 is 0 Å². The van der Waals surface area contributed by atoms with Crippen molar-refractivity contribution in [3.63, 3.8) is 0 Å². The highest BCUT2D eigenvalue weighted by molar-refractivity contribution is 5.79. The molecule has 1 heterocycles. The summed E-state index contributed by atoms with van der Waals surface area (Å²) in [6.45, 7) is 9.34. The van der Waals surface area contributed by atoms with Crippen molar-refractivity contribution in [2.45, 2.75) is 40.5 Å². The second-order valence-electron chi connectivity index (χ2n) is 6.87.